The summed E-state index contributed by atoms with van der Waals surface area (Å²) in [5.41, 5.74) is 1.24. The van der Waals surface area contributed by atoms with Gasteiger partial charge >= 0.3 is 5.97 Å². The van der Waals surface area contributed by atoms with Crippen LogP contribution < -0.4 is 0 Å². The lowest BCUT2D eigenvalue weighted by molar-refractivity contribution is 0.0524. The van der Waals surface area contributed by atoms with Crippen molar-refractivity contribution >= 4 is 5.97 Å². The Morgan fingerprint density at radius 2 is 2.00 bits per heavy atom. The molecule has 0 aromatic carbocycles. The predicted octanol–water partition coefficient (Wildman–Crippen LogP) is 2.87. The summed E-state index contributed by atoms with van der Waals surface area (Å²) in [6.07, 6.45) is 6.88. The molecule has 1 aromatic rings. The first-order valence-electron chi connectivity index (χ1n) is 7.21. The lowest BCUT2D eigenvalue weighted by atomic mass is 9.96. The molecular weight excluding hydrogens is 240 g/mol. The Balaban J connectivity index is 1.83. The van der Waals surface area contributed by atoms with Crippen LogP contribution in [0.1, 0.15) is 60.4 Å². The largest absolute Gasteiger partial charge is 0.462 e. The summed E-state index contributed by atoms with van der Waals surface area (Å²) in [5, 5.41) is 0. The minimum atomic E-state index is -0.319. The highest BCUT2D eigenvalue weighted by Gasteiger charge is 2.44. The van der Waals surface area contributed by atoms with Crippen LogP contribution in [-0.2, 0) is 4.74 Å². The molecule has 2 aliphatic carbocycles. The Morgan fingerprint density at radius 1 is 1.37 bits per heavy atom. The van der Waals surface area contributed by atoms with Gasteiger partial charge in [0, 0.05) is 12.1 Å². The van der Waals surface area contributed by atoms with Crippen LogP contribution in [-0.4, -0.2) is 22.5 Å². The second kappa shape index (κ2) is 4.91. The van der Waals surface area contributed by atoms with E-state index in [9.17, 15) is 4.79 Å². The van der Waals surface area contributed by atoms with Gasteiger partial charge in [0.25, 0.3) is 0 Å². The minimum absolute atomic E-state index is 0.319. The second-order valence-electron chi connectivity index (χ2n) is 5.65. The molecule has 4 heteroatoms. The summed E-state index contributed by atoms with van der Waals surface area (Å²) < 4.78 is 5.01. The molecule has 2 aliphatic rings. The van der Waals surface area contributed by atoms with E-state index in [1.165, 1.54) is 25.7 Å². The Labute approximate surface area is 113 Å². The number of aryl methyl sites for hydroxylation is 1. The smallest absolute Gasteiger partial charge is 0.341 e. The fourth-order valence-corrected chi connectivity index (χ4v) is 2.77. The van der Waals surface area contributed by atoms with Crippen molar-refractivity contribution in [1.82, 2.24) is 9.97 Å². The molecule has 3 rings (SSSR count). The van der Waals surface area contributed by atoms with E-state index < -0.39 is 0 Å². The maximum absolute atomic E-state index is 11.7. The molecule has 0 saturated heterocycles. The summed E-state index contributed by atoms with van der Waals surface area (Å²) in [5.74, 6) is 2.70. The van der Waals surface area contributed by atoms with Crippen molar-refractivity contribution < 1.29 is 9.53 Å². The van der Waals surface area contributed by atoms with Gasteiger partial charge in [-0.15, -0.1) is 0 Å². The number of rotatable bonds is 5. The number of hydrogen-bond acceptors (Lipinski definition) is 4. The number of carbonyl (C=O) groups excluding carboxylic acids is 1. The monoisotopic (exact) mass is 260 g/mol. The zero-order valence-electron chi connectivity index (χ0n) is 11.6. The SMILES string of the molecule is CCOC(=O)c1cnc(C(C2CC2)C2CC2)nc1C. The molecule has 102 valence electrons. The van der Waals surface area contributed by atoms with Gasteiger partial charge in [-0.25, -0.2) is 14.8 Å². The van der Waals surface area contributed by atoms with Crippen molar-refractivity contribution in [2.24, 2.45) is 11.8 Å². The summed E-state index contributed by atoms with van der Waals surface area (Å²) in [4.78, 5) is 20.8. The molecule has 0 amide bonds. The van der Waals surface area contributed by atoms with Crippen molar-refractivity contribution in [3.8, 4) is 0 Å². The van der Waals surface area contributed by atoms with Crippen LogP contribution in [0.2, 0.25) is 0 Å². The maximum atomic E-state index is 11.7. The van der Waals surface area contributed by atoms with Gasteiger partial charge < -0.3 is 4.74 Å². The van der Waals surface area contributed by atoms with E-state index in [1.807, 2.05) is 6.92 Å². The molecule has 4 nitrogen and oxygen atoms in total. The Kier molecular flexibility index (Phi) is 3.25. The first-order chi connectivity index (χ1) is 9.20. The molecule has 19 heavy (non-hydrogen) atoms. The van der Waals surface area contributed by atoms with Gasteiger partial charge in [-0.1, -0.05) is 0 Å². The molecule has 0 aliphatic heterocycles. The van der Waals surface area contributed by atoms with E-state index in [1.54, 1.807) is 13.1 Å². The third kappa shape index (κ3) is 2.62. The average Bonchev–Trinajstić information content (AvgIpc) is 3.24. The highest BCUT2D eigenvalue weighted by molar-refractivity contribution is 5.90. The van der Waals surface area contributed by atoms with Gasteiger partial charge in [0.1, 0.15) is 5.82 Å². The van der Waals surface area contributed by atoms with Gasteiger partial charge in [-0.05, 0) is 51.4 Å². The number of esters is 1. The van der Waals surface area contributed by atoms with Crippen LogP contribution in [0.25, 0.3) is 0 Å². The highest BCUT2D eigenvalue weighted by atomic mass is 16.5. The van der Waals surface area contributed by atoms with Crippen molar-refractivity contribution in [3.05, 3.63) is 23.3 Å². The van der Waals surface area contributed by atoms with Crippen LogP contribution >= 0.6 is 0 Å². The number of ether oxygens (including phenoxy) is 1. The normalized spacial score (nSPS) is 18.7. The summed E-state index contributed by atoms with van der Waals surface area (Å²) in [6.45, 7) is 4.06. The Morgan fingerprint density at radius 3 is 2.47 bits per heavy atom. The molecule has 0 radical (unpaired) electrons. The molecule has 0 N–H and O–H groups in total. The Hall–Kier alpha value is -1.45. The van der Waals surface area contributed by atoms with E-state index in [4.69, 9.17) is 4.74 Å². The van der Waals surface area contributed by atoms with E-state index in [0.717, 1.165) is 23.4 Å². The van der Waals surface area contributed by atoms with E-state index in [2.05, 4.69) is 9.97 Å². The number of aromatic nitrogens is 2. The van der Waals surface area contributed by atoms with E-state index >= 15 is 0 Å². The number of carbonyl (C=O) groups is 1. The summed E-state index contributed by atoms with van der Waals surface area (Å²) >= 11 is 0. The van der Waals surface area contributed by atoms with Crippen LogP contribution in [0.3, 0.4) is 0 Å². The topological polar surface area (TPSA) is 52.1 Å². The molecule has 2 fully saturated rings. The molecule has 0 atom stereocenters. The maximum Gasteiger partial charge on any atom is 0.341 e. The lowest BCUT2D eigenvalue weighted by Crippen LogP contribution is -2.14. The highest BCUT2D eigenvalue weighted by Crippen LogP contribution is 2.53. The van der Waals surface area contributed by atoms with Crippen LogP contribution in [0, 0.1) is 18.8 Å². The van der Waals surface area contributed by atoms with Gasteiger partial charge in [-0.3, -0.25) is 0 Å². The first kappa shape index (κ1) is 12.6. The van der Waals surface area contributed by atoms with Crippen molar-refractivity contribution in [1.29, 1.82) is 0 Å². The predicted molar refractivity (Wildman–Crippen MR) is 70.9 cm³/mol. The van der Waals surface area contributed by atoms with Gasteiger partial charge in [0.15, 0.2) is 0 Å². The van der Waals surface area contributed by atoms with Crippen LogP contribution in [0.15, 0.2) is 6.20 Å². The zero-order valence-corrected chi connectivity index (χ0v) is 11.6. The molecule has 0 unspecified atom stereocenters. The van der Waals surface area contributed by atoms with Crippen LogP contribution in [0.5, 0.6) is 0 Å². The zero-order chi connectivity index (χ0) is 13.4. The average molecular weight is 260 g/mol. The molecule has 1 heterocycles. The standard InChI is InChI=1S/C15H20N2O2/c1-3-19-15(18)12-8-16-14(17-9(12)2)13(10-4-5-10)11-6-7-11/h8,10-11,13H,3-7H2,1-2H3. The number of hydrogen-bond donors (Lipinski definition) is 0. The third-order valence-electron chi connectivity index (χ3n) is 4.05. The van der Waals surface area contributed by atoms with Crippen molar-refractivity contribution in [2.45, 2.75) is 45.4 Å². The fourth-order valence-electron chi connectivity index (χ4n) is 2.77. The fraction of sp³-hybridized carbons (Fsp3) is 0.667. The molecular formula is C15H20N2O2. The molecule has 0 bridgehead atoms. The number of nitrogens with zero attached hydrogens (tertiary/aromatic N) is 2. The summed E-state index contributed by atoms with van der Waals surface area (Å²) in [7, 11) is 0. The molecule has 0 spiro atoms. The second-order valence-corrected chi connectivity index (χ2v) is 5.65. The third-order valence-corrected chi connectivity index (χ3v) is 4.05. The van der Waals surface area contributed by atoms with Gasteiger partial charge in [-0.2, -0.15) is 0 Å². The summed E-state index contributed by atoms with van der Waals surface area (Å²) in [6, 6.07) is 0. The van der Waals surface area contributed by atoms with Crippen molar-refractivity contribution in [3.63, 3.8) is 0 Å². The van der Waals surface area contributed by atoms with Gasteiger partial charge in [0.05, 0.1) is 17.9 Å². The van der Waals surface area contributed by atoms with Crippen LogP contribution in [0.4, 0.5) is 0 Å². The van der Waals surface area contributed by atoms with E-state index in [-0.39, 0.29) is 5.97 Å². The minimum Gasteiger partial charge on any atom is -0.462 e. The Bertz CT molecular complexity index is 481. The van der Waals surface area contributed by atoms with Crippen molar-refractivity contribution in [2.75, 3.05) is 6.61 Å². The lowest BCUT2D eigenvalue weighted by Gasteiger charge is -2.15. The quantitative estimate of drug-likeness (QED) is 0.764. The first-order valence-corrected chi connectivity index (χ1v) is 7.21. The molecule has 2 saturated carbocycles. The van der Waals surface area contributed by atoms with E-state index in [0.29, 0.717) is 18.1 Å². The molecule has 1 aromatic heterocycles. The van der Waals surface area contributed by atoms with Gasteiger partial charge in [0.2, 0.25) is 0 Å².